The third kappa shape index (κ3) is 4.51. The van der Waals surface area contributed by atoms with E-state index in [0.29, 0.717) is 0 Å². The van der Waals surface area contributed by atoms with Crippen molar-refractivity contribution in [1.82, 2.24) is 0 Å². The highest BCUT2D eigenvalue weighted by Crippen LogP contribution is 1.98. The Balaban J connectivity index is 2.63. The van der Waals surface area contributed by atoms with Gasteiger partial charge in [0.1, 0.15) is 8.83 Å². The maximum absolute atomic E-state index is 5.54. The van der Waals surface area contributed by atoms with Crippen molar-refractivity contribution in [3.63, 3.8) is 0 Å². The lowest BCUT2D eigenvalue weighted by Crippen LogP contribution is -1.86. The van der Waals surface area contributed by atoms with Crippen LogP contribution in [0, 0.1) is 5.92 Å². The van der Waals surface area contributed by atoms with Gasteiger partial charge in [0.25, 0.3) is 0 Å². The van der Waals surface area contributed by atoms with Crippen LogP contribution in [0.25, 0.3) is 0 Å². The zero-order valence-electron chi connectivity index (χ0n) is 4.37. The summed E-state index contributed by atoms with van der Waals surface area (Å²) in [4.78, 5) is 0. The molecule has 0 rings (SSSR count). The molecule has 0 amide bonds. The Kier molecular flexibility index (Phi) is 4.00. The first-order chi connectivity index (χ1) is 2.77. The Bertz CT molecular complexity index is 28.7. The molecule has 0 fully saturated rings. The predicted molar refractivity (Wildman–Crippen MR) is 34.0 cm³/mol. The lowest BCUT2D eigenvalue weighted by molar-refractivity contribution is 0.734. The Morgan fingerprint density at radius 1 is 1.67 bits per heavy atom. The molecular formula is C4H11ClSi. The van der Waals surface area contributed by atoms with Gasteiger partial charge < -0.3 is 0 Å². The normalized spacial score (nSPS) is 12.0. The monoisotopic (exact) mass is 122 g/mol. The van der Waals surface area contributed by atoms with Gasteiger partial charge in [-0.05, 0) is 12.0 Å². The van der Waals surface area contributed by atoms with Crippen LogP contribution in [0.5, 0.6) is 0 Å². The molecule has 0 N–H and O–H groups in total. The summed E-state index contributed by atoms with van der Waals surface area (Å²) in [7, 11) is -0.161. The molecule has 0 aromatic carbocycles. The Labute approximate surface area is 46.4 Å². The van der Waals surface area contributed by atoms with Crippen molar-refractivity contribution in [2.24, 2.45) is 5.92 Å². The average molecular weight is 123 g/mol. The fourth-order valence-corrected chi connectivity index (χ4v) is 1.96. The smallest absolute Gasteiger partial charge is 0.125 e. The van der Waals surface area contributed by atoms with Crippen molar-refractivity contribution < 1.29 is 0 Å². The van der Waals surface area contributed by atoms with Crippen LogP contribution in [-0.2, 0) is 0 Å². The molecular weight excluding hydrogens is 112 g/mol. The molecule has 2 heteroatoms. The molecule has 38 valence electrons. The summed E-state index contributed by atoms with van der Waals surface area (Å²) in [6.45, 7) is 4.41. The van der Waals surface area contributed by atoms with Crippen molar-refractivity contribution in [2.75, 3.05) is 0 Å². The molecule has 0 radical (unpaired) electrons. The molecule has 0 aromatic heterocycles. The number of hydrogen-bond acceptors (Lipinski definition) is 0. The minimum Gasteiger partial charge on any atom is -0.176 e. The highest BCUT2D eigenvalue weighted by atomic mass is 35.6. The van der Waals surface area contributed by atoms with E-state index in [1.54, 1.807) is 0 Å². The van der Waals surface area contributed by atoms with Crippen LogP contribution in [-0.4, -0.2) is 8.83 Å². The molecule has 0 atom stereocenters. The van der Waals surface area contributed by atoms with E-state index in [9.17, 15) is 0 Å². The first-order valence-corrected chi connectivity index (χ1v) is 5.47. The molecule has 0 heterocycles. The largest absolute Gasteiger partial charge is 0.176 e. The van der Waals surface area contributed by atoms with Crippen molar-refractivity contribution in [1.29, 1.82) is 0 Å². The number of halogens is 1. The second kappa shape index (κ2) is 3.69. The van der Waals surface area contributed by atoms with Crippen molar-refractivity contribution in [3.8, 4) is 0 Å². The molecule has 0 aliphatic rings. The second-order valence-corrected chi connectivity index (χ2v) is 3.96. The summed E-state index contributed by atoms with van der Waals surface area (Å²) in [6, 6.07) is 1.28. The summed E-state index contributed by atoms with van der Waals surface area (Å²) in [5.74, 6) is 0.828. The van der Waals surface area contributed by atoms with Gasteiger partial charge in [-0.25, -0.2) is 0 Å². The quantitative estimate of drug-likeness (QED) is 0.384. The SMILES string of the molecule is CC(C)C[SiH2]Cl. The molecule has 0 bridgehead atoms. The van der Waals surface area contributed by atoms with Crippen molar-refractivity contribution in [3.05, 3.63) is 0 Å². The van der Waals surface area contributed by atoms with Crippen LogP contribution in [0.2, 0.25) is 6.04 Å². The Morgan fingerprint density at radius 3 is 2.17 bits per heavy atom. The summed E-state index contributed by atoms with van der Waals surface area (Å²) in [5, 5.41) is 0. The molecule has 0 aliphatic heterocycles. The van der Waals surface area contributed by atoms with E-state index < -0.39 is 0 Å². The van der Waals surface area contributed by atoms with Gasteiger partial charge in [0.05, 0.1) is 0 Å². The first-order valence-electron chi connectivity index (χ1n) is 2.33. The molecule has 0 nitrogen and oxygen atoms in total. The van der Waals surface area contributed by atoms with Crippen LogP contribution in [0.1, 0.15) is 13.8 Å². The van der Waals surface area contributed by atoms with Gasteiger partial charge in [-0.15, -0.1) is 0 Å². The second-order valence-electron chi connectivity index (χ2n) is 1.87. The van der Waals surface area contributed by atoms with Gasteiger partial charge >= 0.3 is 0 Å². The topological polar surface area (TPSA) is 0 Å². The van der Waals surface area contributed by atoms with E-state index in [2.05, 4.69) is 13.8 Å². The zero-order valence-corrected chi connectivity index (χ0v) is 6.54. The molecule has 0 spiro atoms. The van der Waals surface area contributed by atoms with Crippen molar-refractivity contribution in [2.45, 2.75) is 19.9 Å². The van der Waals surface area contributed by atoms with E-state index in [4.69, 9.17) is 11.1 Å². The molecule has 0 aromatic rings. The van der Waals surface area contributed by atoms with Gasteiger partial charge in [0.15, 0.2) is 0 Å². The Hall–Kier alpha value is 0.507. The van der Waals surface area contributed by atoms with Crippen LogP contribution in [0.4, 0.5) is 0 Å². The van der Waals surface area contributed by atoms with Gasteiger partial charge in [0, 0.05) is 0 Å². The highest BCUT2D eigenvalue weighted by Gasteiger charge is 1.88. The van der Waals surface area contributed by atoms with E-state index in [-0.39, 0.29) is 8.83 Å². The fourth-order valence-electron chi connectivity index (χ4n) is 0.218. The predicted octanol–water partition coefficient (Wildman–Crippen LogP) is 1.38. The van der Waals surface area contributed by atoms with E-state index in [1.165, 1.54) is 6.04 Å². The van der Waals surface area contributed by atoms with Gasteiger partial charge in [-0.1, -0.05) is 13.8 Å². The van der Waals surface area contributed by atoms with Crippen LogP contribution < -0.4 is 0 Å². The first kappa shape index (κ1) is 6.51. The van der Waals surface area contributed by atoms with Gasteiger partial charge in [-0.2, -0.15) is 11.1 Å². The standard InChI is InChI=1S/C4H11ClSi/c1-4(2)3-6-5/h4H,3,6H2,1-2H3. The maximum atomic E-state index is 5.54. The molecule has 0 saturated heterocycles. The van der Waals surface area contributed by atoms with E-state index >= 15 is 0 Å². The Morgan fingerprint density at radius 2 is 2.17 bits per heavy atom. The van der Waals surface area contributed by atoms with Gasteiger partial charge in [0.2, 0.25) is 0 Å². The minimum absolute atomic E-state index is 0.161. The highest BCUT2D eigenvalue weighted by molar-refractivity contribution is 6.93. The summed E-state index contributed by atoms with van der Waals surface area (Å²) in [6.07, 6.45) is 0. The molecule has 6 heavy (non-hydrogen) atoms. The maximum Gasteiger partial charge on any atom is 0.125 e. The third-order valence-corrected chi connectivity index (χ3v) is 2.71. The summed E-state index contributed by atoms with van der Waals surface area (Å²) in [5.41, 5.74) is 0. The molecule has 0 aliphatic carbocycles. The zero-order chi connectivity index (χ0) is 4.99. The van der Waals surface area contributed by atoms with Gasteiger partial charge in [-0.3, -0.25) is 0 Å². The fraction of sp³-hybridized carbons (Fsp3) is 1.00. The van der Waals surface area contributed by atoms with Crippen LogP contribution >= 0.6 is 11.1 Å². The van der Waals surface area contributed by atoms with E-state index in [1.807, 2.05) is 0 Å². The lowest BCUT2D eigenvalue weighted by Gasteiger charge is -1.94. The molecule has 0 saturated carbocycles. The number of rotatable bonds is 2. The van der Waals surface area contributed by atoms with Crippen LogP contribution in [0.15, 0.2) is 0 Å². The average Bonchev–Trinajstić information content (AvgIpc) is 1.35. The third-order valence-electron chi connectivity index (χ3n) is 0.686. The number of hydrogen-bond donors (Lipinski definition) is 0. The summed E-state index contributed by atoms with van der Waals surface area (Å²) < 4.78 is 0. The van der Waals surface area contributed by atoms with Crippen LogP contribution in [0.3, 0.4) is 0 Å². The van der Waals surface area contributed by atoms with Crippen molar-refractivity contribution >= 4 is 19.9 Å². The van der Waals surface area contributed by atoms with E-state index in [0.717, 1.165) is 5.92 Å². The molecule has 0 unspecified atom stereocenters. The minimum atomic E-state index is -0.161. The summed E-state index contributed by atoms with van der Waals surface area (Å²) >= 11 is 5.54. The lowest BCUT2D eigenvalue weighted by atomic mass is 10.3.